The van der Waals surface area contributed by atoms with Gasteiger partial charge in [0.2, 0.25) is 0 Å². The van der Waals surface area contributed by atoms with Crippen molar-refractivity contribution in [3.63, 3.8) is 0 Å². The van der Waals surface area contributed by atoms with Gasteiger partial charge in [-0.3, -0.25) is 4.79 Å². The van der Waals surface area contributed by atoms with Gasteiger partial charge in [0, 0.05) is 12.0 Å². The summed E-state index contributed by atoms with van der Waals surface area (Å²) in [5.41, 5.74) is -3.69. The van der Waals surface area contributed by atoms with Crippen LogP contribution in [0.25, 0.3) is 0 Å². The topological polar surface area (TPSA) is 17.1 Å². The van der Waals surface area contributed by atoms with Crippen LogP contribution in [0.1, 0.15) is 41.8 Å². The van der Waals surface area contributed by atoms with Crippen LogP contribution in [0.4, 0.5) is 26.3 Å². The number of ketones is 1. The first-order valence-corrected chi connectivity index (χ1v) is 5.74. The Balaban J connectivity index is 3.36. The van der Waals surface area contributed by atoms with Gasteiger partial charge in [0.25, 0.3) is 0 Å². The third-order valence-corrected chi connectivity index (χ3v) is 2.55. The molecule has 0 aliphatic heterocycles. The molecular formula is C13H12F6O. The molecule has 0 N–H and O–H groups in total. The van der Waals surface area contributed by atoms with Crippen molar-refractivity contribution in [1.82, 2.24) is 0 Å². The Kier molecular flexibility index (Phi) is 4.51. The molecular weight excluding hydrogens is 286 g/mol. The van der Waals surface area contributed by atoms with Crippen LogP contribution in [0.3, 0.4) is 0 Å². The number of halogens is 6. The maximum Gasteiger partial charge on any atom is 0.417 e. The molecule has 0 aliphatic carbocycles. The highest BCUT2D eigenvalue weighted by Crippen LogP contribution is 2.37. The summed E-state index contributed by atoms with van der Waals surface area (Å²) >= 11 is 0. The molecule has 20 heavy (non-hydrogen) atoms. The van der Waals surface area contributed by atoms with E-state index in [1.807, 2.05) is 0 Å². The van der Waals surface area contributed by atoms with E-state index in [1.165, 1.54) is 0 Å². The summed E-state index contributed by atoms with van der Waals surface area (Å²) in [5, 5.41) is 0. The molecule has 0 fully saturated rings. The fourth-order valence-corrected chi connectivity index (χ4v) is 1.68. The number of carbonyl (C=O) groups excluding carboxylic acids is 1. The first-order chi connectivity index (χ1) is 8.93. The largest absolute Gasteiger partial charge is 0.417 e. The number of Topliss-reactive ketones (excluding diaryl/α,β-unsaturated/α-hetero) is 1. The predicted molar refractivity (Wildman–Crippen MR) is 60.2 cm³/mol. The number of carbonyl (C=O) groups is 1. The smallest absolute Gasteiger partial charge is 0.294 e. The molecule has 0 bridgehead atoms. The maximum atomic E-state index is 12.8. The summed E-state index contributed by atoms with van der Waals surface area (Å²) < 4.78 is 75.7. The van der Waals surface area contributed by atoms with Crippen molar-refractivity contribution >= 4 is 5.78 Å². The third-order valence-electron chi connectivity index (χ3n) is 2.55. The minimum atomic E-state index is -5.01. The molecule has 0 aromatic heterocycles. The van der Waals surface area contributed by atoms with Crippen molar-refractivity contribution in [3.05, 3.63) is 34.9 Å². The third kappa shape index (κ3) is 3.98. The number of benzene rings is 1. The number of hydrogen-bond donors (Lipinski definition) is 0. The van der Waals surface area contributed by atoms with E-state index in [2.05, 4.69) is 0 Å². The second kappa shape index (κ2) is 5.46. The van der Waals surface area contributed by atoms with Crippen molar-refractivity contribution in [2.45, 2.75) is 32.6 Å². The van der Waals surface area contributed by atoms with Gasteiger partial charge in [-0.1, -0.05) is 19.9 Å². The lowest BCUT2D eigenvalue weighted by Gasteiger charge is -2.15. The summed E-state index contributed by atoms with van der Waals surface area (Å²) in [7, 11) is 0. The molecule has 0 amide bonds. The Hall–Kier alpha value is -1.53. The first kappa shape index (κ1) is 16.5. The van der Waals surface area contributed by atoms with Crippen molar-refractivity contribution < 1.29 is 31.1 Å². The summed E-state index contributed by atoms with van der Waals surface area (Å²) in [5.74, 6) is -1.01. The average Bonchev–Trinajstić information content (AvgIpc) is 2.24. The minimum absolute atomic E-state index is 0.0203. The molecule has 0 aliphatic rings. The van der Waals surface area contributed by atoms with E-state index in [1.54, 1.807) is 13.8 Å². The lowest BCUT2D eigenvalue weighted by atomic mass is 9.95. The van der Waals surface area contributed by atoms with Gasteiger partial charge >= 0.3 is 12.4 Å². The standard InChI is InChI=1S/C13H12F6O/c1-7(2)5-11(20)9-4-3-8(12(14,15)16)6-10(9)13(17,18)19/h3-4,6-7H,5H2,1-2H3. The van der Waals surface area contributed by atoms with E-state index in [4.69, 9.17) is 0 Å². The average molecular weight is 298 g/mol. The molecule has 0 radical (unpaired) electrons. The maximum absolute atomic E-state index is 12.8. The van der Waals surface area contributed by atoms with Crippen molar-refractivity contribution in [2.24, 2.45) is 5.92 Å². The van der Waals surface area contributed by atoms with Crippen LogP contribution in [0.2, 0.25) is 0 Å². The zero-order valence-corrected chi connectivity index (χ0v) is 10.7. The fourth-order valence-electron chi connectivity index (χ4n) is 1.68. The Labute approximate surface area is 111 Å². The quantitative estimate of drug-likeness (QED) is 0.570. The Morgan fingerprint density at radius 1 is 1.05 bits per heavy atom. The van der Waals surface area contributed by atoms with Gasteiger partial charge in [-0.15, -0.1) is 0 Å². The van der Waals surface area contributed by atoms with Gasteiger partial charge in [-0.2, -0.15) is 26.3 Å². The number of alkyl halides is 6. The Morgan fingerprint density at radius 2 is 1.60 bits per heavy atom. The lowest BCUT2D eigenvalue weighted by Crippen LogP contribution is -2.17. The van der Waals surface area contributed by atoms with E-state index >= 15 is 0 Å². The zero-order chi connectivity index (χ0) is 15.7. The van der Waals surface area contributed by atoms with Crippen molar-refractivity contribution in [1.29, 1.82) is 0 Å². The predicted octanol–water partition coefficient (Wildman–Crippen LogP) is 4.95. The van der Waals surface area contributed by atoms with Gasteiger partial charge < -0.3 is 0 Å². The van der Waals surface area contributed by atoms with E-state index in [9.17, 15) is 31.1 Å². The molecule has 1 rings (SSSR count). The molecule has 0 spiro atoms. The van der Waals surface area contributed by atoms with Gasteiger partial charge in [-0.05, 0) is 18.1 Å². The van der Waals surface area contributed by atoms with Gasteiger partial charge in [0.1, 0.15) is 0 Å². The molecule has 0 atom stereocenters. The molecule has 112 valence electrons. The summed E-state index contributed by atoms with van der Waals surface area (Å²) in [6.07, 6.45) is -10.1. The minimum Gasteiger partial charge on any atom is -0.294 e. The van der Waals surface area contributed by atoms with Crippen molar-refractivity contribution in [3.8, 4) is 0 Å². The number of rotatable bonds is 3. The normalized spacial score (nSPS) is 12.8. The van der Waals surface area contributed by atoms with E-state index < -0.39 is 34.8 Å². The van der Waals surface area contributed by atoms with Crippen LogP contribution in [0, 0.1) is 5.92 Å². The molecule has 7 heteroatoms. The Morgan fingerprint density at radius 3 is 2.00 bits per heavy atom. The van der Waals surface area contributed by atoms with E-state index in [-0.39, 0.29) is 18.4 Å². The lowest BCUT2D eigenvalue weighted by molar-refractivity contribution is -0.143. The zero-order valence-electron chi connectivity index (χ0n) is 10.7. The van der Waals surface area contributed by atoms with Crippen LogP contribution >= 0.6 is 0 Å². The summed E-state index contributed by atoms with van der Waals surface area (Å²) in [4.78, 5) is 11.7. The summed E-state index contributed by atoms with van der Waals surface area (Å²) in [6.45, 7) is 3.27. The highest BCUT2D eigenvalue weighted by atomic mass is 19.4. The molecule has 0 saturated heterocycles. The highest BCUT2D eigenvalue weighted by Gasteiger charge is 2.39. The molecule has 1 aromatic carbocycles. The SMILES string of the molecule is CC(C)CC(=O)c1ccc(C(F)(F)F)cc1C(F)(F)F. The summed E-state index contributed by atoms with van der Waals surface area (Å²) in [6, 6.07) is 1.06. The van der Waals surface area contributed by atoms with E-state index in [0.29, 0.717) is 12.1 Å². The van der Waals surface area contributed by atoms with Crippen LogP contribution in [0.15, 0.2) is 18.2 Å². The van der Waals surface area contributed by atoms with Gasteiger partial charge in [-0.25, -0.2) is 0 Å². The van der Waals surface area contributed by atoms with Crippen molar-refractivity contribution in [2.75, 3.05) is 0 Å². The second-order valence-corrected chi connectivity index (χ2v) is 4.78. The van der Waals surface area contributed by atoms with Crippen LogP contribution in [-0.2, 0) is 12.4 Å². The van der Waals surface area contributed by atoms with Gasteiger partial charge in [0.15, 0.2) is 5.78 Å². The molecule has 0 heterocycles. The molecule has 0 saturated carbocycles. The van der Waals surface area contributed by atoms with Crippen LogP contribution in [-0.4, -0.2) is 5.78 Å². The highest BCUT2D eigenvalue weighted by molar-refractivity contribution is 5.97. The van der Waals surface area contributed by atoms with E-state index in [0.717, 1.165) is 0 Å². The fraction of sp³-hybridized carbons (Fsp3) is 0.462. The molecule has 1 aromatic rings. The number of hydrogen-bond acceptors (Lipinski definition) is 1. The second-order valence-electron chi connectivity index (χ2n) is 4.78. The molecule has 1 nitrogen and oxygen atoms in total. The monoisotopic (exact) mass is 298 g/mol. The van der Waals surface area contributed by atoms with Gasteiger partial charge in [0.05, 0.1) is 11.1 Å². The van der Waals surface area contributed by atoms with Crippen LogP contribution in [0.5, 0.6) is 0 Å². The van der Waals surface area contributed by atoms with Crippen LogP contribution < -0.4 is 0 Å². The first-order valence-electron chi connectivity index (χ1n) is 5.74. The molecule has 0 unspecified atom stereocenters. The Bertz CT molecular complexity index is 499.